The van der Waals surface area contributed by atoms with Gasteiger partial charge in [0.15, 0.2) is 4.90 Å². The summed E-state index contributed by atoms with van der Waals surface area (Å²) in [5.74, 6) is -3.15. The van der Waals surface area contributed by atoms with Crippen LogP contribution in [0.4, 0.5) is 28.4 Å². The fourth-order valence-electron chi connectivity index (χ4n) is 8.81. The molecule has 0 saturated heterocycles. The smallest absolute Gasteiger partial charge is 0.335 e. The molecule has 452 valence electrons. The molecule has 1 amide bonds. The SMILES string of the molecule is CC(=O)Nc1ccc(S(=O)(=O)Nc2cccc(CCc3cccc(C(=O)O)c3)c2)cc1.O=C(O)c1cccc(CCc2cccc(NS(=O)(=O)c3ccccc3)c2)c1.O=C(O)c1cccc(CCc2cccc(NS(=O)(=O)c3ccccc3[N+](=O)[O-])c2)c1. The van der Waals surface area contributed by atoms with Crippen molar-refractivity contribution in [1.82, 2.24) is 0 Å². The van der Waals surface area contributed by atoms with Crippen molar-refractivity contribution in [3.05, 3.63) is 285 Å². The van der Waals surface area contributed by atoms with Crippen LogP contribution in [-0.4, -0.2) is 69.3 Å². The molecule has 88 heavy (non-hydrogen) atoms. The Morgan fingerprint density at radius 1 is 0.375 bits per heavy atom. The Kier molecular flexibility index (Phi) is 22.2. The fraction of sp³-hybridized carbons (Fsp3) is 0.108. The average molecular weight is 1250 g/mol. The predicted molar refractivity (Wildman–Crippen MR) is 334 cm³/mol. The zero-order valence-electron chi connectivity index (χ0n) is 47.0. The molecule has 0 atom stereocenters. The van der Waals surface area contributed by atoms with Crippen LogP contribution in [0.5, 0.6) is 0 Å². The molecule has 0 aromatic heterocycles. The van der Waals surface area contributed by atoms with Gasteiger partial charge in [-0.15, -0.1) is 0 Å². The fourth-order valence-corrected chi connectivity index (χ4v) is 12.2. The van der Waals surface area contributed by atoms with Gasteiger partial charge in [0.2, 0.25) is 5.91 Å². The van der Waals surface area contributed by atoms with Crippen LogP contribution in [0.25, 0.3) is 0 Å². The van der Waals surface area contributed by atoms with E-state index >= 15 is 0 Å². The molecule has 0 saturated carbocycles. The Labute approximate surface area is 508 Å². The number of hydrogen-bond donors (Lipinski definition) is 7. The van der Waals surface area contributed by atoms with Gasteiger partial charge in [0.1, 0.15) is 0 Å². The van der Waals surface area contributed by atoms with Crippen LogP contribution in [0.1, 0.15) is 71.4 Å². The molecule has 0 heterocycles. The number of carbonyl (C=O) groups is 4. The summed E-state index contributed by atoms with van der Waals surface area (Å²) in [6.45, 7) is 1.38. The van der Waals surface area contributed by atoms with Gasteiger partial charge in [-0.3, -0.25) is 29.1 Å². The summed E-state index contributed by atoms with van der Waals surface area (Å²) in [4.78, 5) is 54.6. The number of anilines is 4. The van der Waals surface area contributed by atoms with E-state index in [2.05, 4.69) is 19.5 Å². The highest BCUT2D eigenvalue weighted by molar-refractivity contribution is 7.93. The minimum absolute atomic E-state index is 0.0810. The van der Waals surface area contributed by atoms with Gasteiger partial charge >= 0.3 is 17.9 Å². The van der Waals surface area contributed by atoms with E-state index in [1.165, 1.54) is 55.5 Å². The second kappa shape index (κ2) is 30.0. The molecule has 0 spiro atoms. The molecular formula is C65H59N5O15S3. The molecule has 9 aromatic rings. The number of rotatable bonds is 23. The molecule has 0 aliphatic rings. The molecule has 0 aliphatic heterocycles. The van der Waals surface area contributed by atoms with Crippen LogP contribution >= 0.6 is 0 Å². The third-order valence-corrected chi connectivity index (χ3v) is 17.3. The first-order valence-corrected chi connectivity index (χ1v) is 31.4. The number of nitro groups is 1. The van der Waals surface area contributed by atoms with E-state index in [1.54, 1.807) is 133 Å². The highest BCUT2D eigenvalue weighted by atomic mass is 32.2. The van der Waals surface area contributed by atoms with Crippen molar-refractivity contribution in [2.75, 3.05) is 19.5 Å². The highest BCUT2D eigenvalue weighted by Crippen LogP contribution is 2.27. The minimum Gasteiger partial charge on any atom is -0.478 e. The lowest BCUT2D eigenvalue weighted by Crippen LogP contribution is -2.14. The molecule has 9 rings (SSSR count). The molecule has 0 radical (unpaired) electrons. The molecule has 7 N–H and O–H groups in total. The van der Waals surface area contributed by atoms with Crippen LogP contribution < -0.4 is 19.5 Å². The normalized spacial score (nSPS) is 11.1. The first-order valence-electron chi connectivity index (χ1n) is 26.9. The van der Waals surface area contributed by atoms with Crippen LogP contribution in [-0.2, 0) is 73.4 Å². The highest BCUT2D eigenvalue weighted by Gasteiger charge is 2.25. The number of amides is 1. The van der Waals surface area contributed by atoms with Crippen LogP contribution in [0.3, 0.4) is 0 Å². The van der Waals surface area contributed by atoms with Crippen LogP contribution in [0.15, 0.2) is 239 Å². The molecule has 0 unspecified atom stereocenters. The van der Waals surface area contributed by atoms with Gasteiger partial charge in [-0.1, -0.05) is 103 Å². The molecule has 0 fully saturated rings. The quantitative estimate of drug-likeness (QED) is 0.0231. The summed E-state index contributed by atoms with van der Waals surface area (Å²) >= 11 is 0. The van der Waals surface area contributed by atoms with Crippen LogP contribution in [0, 0.1) is 10.1 Å². The lowest BCUT2D eigenvalue weighted by atomic mass is 10.0. The number of sulfonamides is 3. The Morgan fingerprint density at radius 2 is 0.693 bits per heavy atom. The number of carbonyl (C=O) groups excluding carboxylic acids is 1. The van der Waals surface area contributed by atoms with Gasteiger partial charge in [-0.2, -0.15) is 0 Å². The molecule has 9 aromatic carbocycles. The van der Waals surface area contributed by atoms with Crippen molar-refractivity contribution in [1.29, 1.82) is 0 Å². The van der Waals surface area contributed by atoms with Gasteiger partial charge in [-0.25, -0.2) is 39.6 Å². The number of nitrogens with one attached hydrogen (secondary N) is 4. The van der Waals surface area contributed by atoms with Gasteiger partial charge in [0.25, 0.3) is 35.8 Å². The Bertz CT molecular complexity index is 4340. The molecule has 20 nitrogen and oxygen atoms in total. The van der Waals surface area contributed by atoms with Gasteiger partial charge in [-0.05, 0) is 187 Å². The third kappa shape index (κ3) is 19.5. The van der Waals surface area contributed by atoms with Gasteiger partial charge in [0.05, 0.1) is 31.4 Å². The van der Waals surface area contributed by atoms with Crippen molar-refractivity contribution >= 4 is 82.3 Å². The van der Waals surface area contributed by atoms with Gasteiger partial charge in [0, 0.05) is 35.7 Å². The van der Waals surface area contributed by atoms with Crippen molar-refractivity contribution in [2.24, 2.45) is 0 Å². The largest absolute Gasteiger partial charge is 0.478 e. The lowest BCUT2D eigenvalue weighted by Gasteiger charge is -2.11. The Balaban J connectivity index is 0.000000189. The molecular weight excluding hydrogens is 1190 g/mol. The van der Waals surface area contributed by atoms with E-state index in [1.807, 2.05) is 36.4 Å². The number of hydrogen-bond acceptors (Lipinski definition) is 12. The summed E-state index contributed by atoms with van der Waals surface area (Å²) in [7, 11) is -11.6. The number of nitro benzene ring substituents is 1. The van der Waals surface area contributed by atoms with Crippen LogP contribution in [0.2, 0.25) is 0 Å². The summed E-state index contributed by atoms with van der Waals surface area (Å²) in [5.41, 5.74) is 7.31. The topological polar surface area (TPSA) is 323 Å². The zero-order chi connectivity index (χ0) is 63.4. The number of benzene rings is 9. The molecule has 0 aliphatic carbocycles. The summed E-state index contributed by atoms with van der Waals surface area (Å²) in [6, 6.07) is 60.4. The third-order valence-electron chi connectivity index (χ3n) is 13.1. The van der Waals surface area contributed by atoms with E-state index in [4.69, 9.17) is 15.3 Å². The second-order valence-electron chi connectivity index (χ2n) is 19.7. The first-order chi connectivity index (χ1) is 41.9. The first kappa shape index (κ1) is 65.1. The van der Waals surface area contributed by atoms with Crippen molar-refractivity contribution in [3.8, 4) is 0 Å². The number of carboxylic acid groups (broad SMARTS) is 3. The number of nitrogens with zero attached hydrogens (tertiary/aromatic N) is 1. The van der Waals surface area contributed by atoms with E-state index in [9.17, 15) is 54.5 Å². The number of aryl methyl sites for hydroxylation is 6. The van der Waals surface area contributed by atoms with Crippen molar-refractivity contribution in [2.45, 2.75) is 60.1 Å². The Hall–Kier alpha value is -10.5. The maximum Gasteiger partial charge on any atom is 0.335 e. The Morgan fingerprint density at radius 3 is 1.05 bits per heavy atom. The summed E-state index contributed by atoms with van der Waals surface area (Å²) in [5, 5.41) is 41.0. The standard InChI is InChI=1S/C23H22N2O5S.C21H18N2O6S.C21H19NO4S/c1-16(26)24-20-10-12-22(13-11-20)31(29,30)25-21-7-3-5-18(15-21)9-8-17-4-2-6-19(14-17)23(27)28;24-21(25)17-7-3-5-15(13-17)11-12-16-6-4-8-18(14-16)22-30(28,29)20-10-2-1-9-19(20)23(26)27;23-21(24)18-8-4-6-16(14-18)12-13-17-7-5-9-19(15-17)22-27(25,26)20-10-2-1-3-11-20/h2-7,10-15,25H,8-9H2,1H3,(H,24,26)(H,27,28);1-10,13-14,22H,11-12H2,(H,24,25);1-11,14-15,22H,12-13H2,(H,23,24). The monoisotopic (exact) mass is 1250 g/mol. The summed E-state index contributed by atoms with van der Waals surface area (Å²) in [6.07, 6.45) is 3.72. The molecule has 23 heteroatoms. The zero-order valence-corrected chi connectivity index (χ0v) is 49.5. The predicted octanol–water partition coefficient (Wildman–Crippen LogP) is 11.8. The van der Waals surface area contributed by atoms with E-state index in [-0.39, 0.29) is 38.1 Å². The van der Waals surface area contributed by atoms with E-state index in [0.29, 0.717) is 55.6 Å². The minimum atomic E-state index is -4.14. The van der Waals surface area contributed by atoms with Gasteiger partial charge < -0.3 is 20.6 Å². The maximum atomic E-state index is 12.7. The number of carboxylic acids is 3. The molecule has 0 bridgehead atoms. The number of para-hydroxylation sites is 1. The van der Waals surface area contributed by atoms with E-state index in [0.717, 1.165) is 39.4 Å². The van der Waals surface area contributed by atoms with Crippen molar-refractivity contribution < 1.29 is 64.7 Å². The summed E-state index contributed by atoms with van der Waals surface area (Å²) < 4.78 is 83.0. The van der Waals surface area contributed by atoms with Crippen molar-refractivity contribution in [3.63, 3.8) is 0 Å². The number of aromatic carboxylic acids is 3. The maximum absolute atomic E-state index is 12.7. The lowest BCUT2D eigenvalue weighted by molar-refractivity contribution is -0.387. The van der Waals surface area contributed by atoms with E-state index < -0.39 is 63.5 Å². The second-order valence-corrected chi connectivity index (χ2v) is 24.7. The average Bonchev–Trinajstić information content (AvgIpc) is 3.66.